The van der Waals surface area contributed by atoms with Crippen LogP contribution in [0.4, 0.5) is 0 Å². The summed E-state index contributed by atoms with van der Waals surface area (Å²) in [5.74, 6) is 0.902. The molecule has 0 aliphatic carbocycles. The molecule has 0 heterocycles. The Balaban J connectivity index is 1.81. The topological polar surface area (TPSA) is 91.3 Å². The van der Waals surface area contributed by atoms with Gasteiger partial charge in [0.05, 0.1) is 19.2 Å². The standard InChI is InChI=1S/C27H27ClO7/c1-32-20-10-6-18(7-11-20)16-34-24-15-14-22(23(29)4-3-5-25(30)31)26(28)27(24)35-17-19-8-12-21(33-2)13-9-19/h6-15H,3-5,16-17H2,1-2H3,(H,30,31). The summed E-state index contributed by atoms with van der Waals surface area (Å²) < 4.78 is 22.4. The fraction of sp³-hybridized carbons (Fsp3) is 0.259. The van der Waals surface area contributed by atoms with Gasteiger partial charge < -0.3 is 24.1 Å². The van der Waals surface area contributed by atoms with Crippen LogP contribution in [0.3, 0.4) is 0 Å². The molecule has 0 aromatic heterocycles. The van der Waals surface area contributed by atoms with Crippen LogP contribution in [0.1, 0.15) is 40.7 Å². The van der Waals surface area contributed by atoms with Crippen LogP contribution in [-0.2, 0) is 18.0 Å². The van der Waals surface area contributed by atoms with Gasteiger partial charge in [0.15, 0.2) is 17.3 Å². The minimum Gasteiger partial charge on any atom is -0.497 e. The first kappa shape index (κ1) is 25.9. The summed E-state index contributed by atoms with van der Waals surface area (Å²) in [5, 5.41) is 8.97. The molecule has 0 radical (unpaired) electrons. The van der Waals surface area contributed by atoms with Gasteiger partial charge in [-0.25, -0.2) is 0 Å². The number of rotatable bonds is 13. The van der Waals surface area contributed by atoms with E-state index in [0.29, 0.717) is 5.75 Å². The summed E-state index contributed by atoms with van der Waals surface area (Å²) in [7, 11) is 3.20. The molecule has 0 bridgehead atoms. The molecule has 7 nitrogen and oxygen atoms in total. The van der Waals surface area contributed by atoms with Crippen LogP contribution in [0, 0.1) is 0 Å². The molecule has 0 amide bonds. The number of hydrogen-bond donors (Lipinski definition) is 1. The van der Waals surface area contributed by atoms with Crippen LogP contribution in [0.2, 0.25) is 5.02 Å². The van der Waals surface area contributed by atoms with Gasteiger partial charge in [-0.15, -0.1) is 0 Å². The van der Waals surface area contributed by atoms with Crippen molar-refractivity contribution in [2.24, 2.45) is 0 Å². The molecule has 1 N–H and O–H groups in total. The van der Waals surface area contributed by atoms with Crippen LogP contribution >= 0.6 is 11.6 Å². The lowest BCUT2D eigenvalue weighted by atomic mass is 10.0. The van der Waals surface area contributed by atoms with Crippen molar-refractivity contribution < 1.29 is 33.6 Å². The number of methoxy groups -OCH3 is 2. The normalized spacial score (nSPS) is 10.5. The molecule has 8 heteroatoms. The average Bonchev–Trinajstić information content (AvgIpc) is 2.87. The number of aliphatic carboxylic acids is 1. The van der Waals surface area contributed by atoms with E-state index in [1.807, 2.05) is 48.5 Å². The van der Waals surface area contributed by atoms with E-state index in [1.54, 1.807) is 26.4 Å². The van der Waals surface area contributed by atoms with Crippen molar-refractivity contribution in [3.8, 4) is 23.0 Å². The van der Waals surface area contributed by atoms with Crippen molar-refractivity contribution in [1.82, 2.24) is 0 Å². The summed E-state index contributed by atoms with van der Waals surface area (Å²) in [4.78, 5) is 23.5. The van der Waals surface area contributed by atoms with E-state index in [4.69, 9.17) is 35.7 Å². The predicted molar refractivity (Wildman–Crippen MR) is 132 cm³/mol. The van der Waals surface area contributed by atoms with Crippen molar-refractivity contribution in [1.29, 1.82) is 0 Å². The molecule has 0 fully saturated rings. The number of ether oxygens (including phenoxy) is 4. The first-order valence-corrected chi connectivity index (χ1v) is 11.4. The number of carboxylic acid groups (broad SMARTS) is 1. The zero-order chi connectivity index (χ0) is 25.2. The van der Waals surface area contributed by atoms with E-state index >= 15 is 0 Å². The van der Waals surface area contributed by atoms with E-state index in [9.17, 15) is 9.59 Å². The molecular formula is C27H27ClO7. The van der Waals surface area contributed by atoms with Gasteiger partial charge in [-0.3, -0.25) is 9.59 Å². The number of hydrogen-bond acceptors (Lipinski definition) is 6. The fourth-order valence-corrected chi connectivity index (χ4v) is 3.61. The van der Waals surface area contributed by atoms with E-state index in [-0.39, 0.29) is 54.6 Å². The average molecular weight is 499 g/mol. The Bertz CT molecular complexity index is 1140. The first-order chi connectivity index (χ1) is 16.9. The quantitative estimate of drug-likeness (QED) is 0.291. The number of carbonyl (C=O) groups is 2. The Labute approximate surface area is 209 Å². The molecule has 0 unspecified atom stereocenters. The molecule has 35 heavy (non-hydrogen) atoms. The number of carboxylic acids is 1. The lowest BCUT2D eigenvalue weighted by Gasteiger charge is -2.17. The van der Waals surface area contributed by atoms with Gasteiger partial charge in [-0.05, 0) is 53.9 Å². The summed E-state index contributed by atoms with van der Waals surface area (Å²) in [5.41, 5.74) is 2.05. The molecule has 0 saturated carbocycles. The first-order valence-electron chi connectivity index (χ1n) is 11.0. The van der Waals surface area contributed by atoms with Gasteiger partial charge in [-0.1, -0.05) is 35.9 Å². The maximum atomic E-state index is 12.7. The van der Waals surface area contributed by atoms with Gasteiger partial charge in [-0.2, -0.15) is 0 Å². The summed E-state index contributed by atoms with van der Waals surface area (Å²) in [6, 6.07) is 18.1. The maximum absolute atomic E-state index is 12.7. The van der Waals surface area contributed by atoms with E-state index in [1.165, 1.54) is 0 Å². The molecular weight excluding hydrogens is 472 g/mol. The van der Waals surface area contributed by atoms with Gasteiger partial charge in [0, 0.05) is 18.4 Å². The minimum absolute atomic E-state index is 0.0655. The zero-order valence-electron chi connectivity index (χ0n) is 19.6. The third-order valence-electron chi connectivity index (χ3n) is 5.25. The summed E-state index contributed by atoms with van der Waals surface area (Å²) >= 11 is 6.61. The molecule has 3 aromatic carbocycles. The van der Waals surface area contributed by atoms with E-state index in [0.717, 1.165) is 22.6 Å². The van der Waals surface area contributed by atoms with Crippen molar-refractivity contribution >= 4 is 23.4 Å². The fourth-order valence-electron chi connectivity index (χ4n) is 3.30. The number of benzene rings is 3. The highest BCUT2D eigenvalue weighted by Gasteiger charge is 2.20. The lowest BCUT2D eigenvalue weighted by molar-refractivity contribution is -0.137. The maximum Gasteiger partial charge on any atom is 0.303 e. The third-order valence-corrected chi connectivity index (χ3v) is 5.63. The smallest absolute Gasteiger partial charge is 0.303 e. The van der Waals surface area contributed by atoms with Crippen LogP contribution in [0.15, 0.2) is 60.7 Å². The Morgan fingerprint density at radius 2 is 1.31 bits per heavy atom. The largest absolute Gasteiger partial charge is 0.497 e. The Hall–Kier alpha value is -3.71. The zero-order valence-corrected chi connectivity index (χ0v) is 20.3. The highest BCUT2D eigenvalue weighted by molar-refractivity contribution is 6.35. The monoisotopic (exact) mass is 498 g/mol. The minimum atomic E-state index is -0.949. The van der Waals surface area contributed by atoms with Crippen molar-refractivity contribution in [3.05, 3.63) is 82.4 Å². The Morgan fingerprint density at radius 3 is 1.83 bits per heavy atom. The predicted octanol–water partition coefficient (Wildman–Crippen LogP) is 5.95. The summed E-state index contributed by atoms with van der Waals surface area (Å²) in [6.45, 7) is 0.449. The van der Waals surface area contributed by atoms with Crippen molar-refractivity contribution in [2.75, 3.05) is 14.2 Å². The third kappa shape index (κ3) is 7.39. The van der Waals surface area contributed by atoms with E-state index in [2.05, 4.69) is 0 Å². The van der Waals surface area contributed by atoms with Crippen molar-refractivity contribution in [2.45, 2.75) is 32.5 Å². The highest BCUT2D eigenvalue weighted by Crippen LogP contribution is 2.39. The van der Waals surface area contributed by atoms with Gasteiger partial charge in [0.25, 0.3) is 0 Å². The van der Waals surface area contributed by atoms with Crippen LogP contribution in [0.25, 0.3) is 0 Å². The second-order valence-electron chi connectivity index (χ2n) is 7.70. The Kier molecular flexibility index (Phi) is 9.38. The number of carbonyl (C=O) groups excluding carboxylic acids is 1. The summed E-state index contributed by atoms with van der Waals surface area (Å²) in [6.07, 6.45) is 0.200. The molecule has 0 atom stereocenters. The van der Waals surface area contributed by atoms with Crippen LogP contribution in [-0.4, -0.2) is 31.1 Å². The Morgan fingerprint density at radius 1 is 0.771 bits per heavy atom. The molecule has 0 spiro atoms. The van der Waals surface area contributed by atoms with Gasteiger partial charge in [0.1, 0.15) is 24.7 Å². The molecule has 3 aromatic rings. The molecule has 0 aliphatic heterocycles. The second-order valence-corrected chi connectivity index (χ2v) is 8.08. The number of Topliss-reactive ketones (excluding diaryl/α,β-unsaturated/α-hetero) is 1. The van der Waals surface area contributed by atoms with Crippen LogP contribution in [0.5, 0.6) is 23.0 Å². The number of ketones is 1. The second kappa shape index (κ2) is 12.7. The van der Waals surface area contributed by atoms with Crippen molar-refractivity contribution in [3.63, 3.8) is 0 Å². The molecule has 0 saturated heterocycles. The number of halogens is 1. The van der Waals surface area contributed by atoms with Gasteiger partial charge >= 0.3 is 5.97 Å². The van der Waals surface area contributed by atoms with Crippen LogP contribution < -0.4 is 18.9 Å². The SMILES string of the molecule is COc1ccc(COc2ccc(C(=O)CCCC(=O)O)c(Cl)c2OCc2ccc(OC)cc2)cc1. The molecule has 184 valence electrons. The molecule has 3 rings (SSSR count). The van der Waals surface area contributed by atoms with E-state index < -0.39 is 5.97 Å². The highest BCUT2D eigenvalue weighted by atomic mass is 35.5. The van der Waals surface area contributed by atoms with Gasteiger partial charge in [0.2, 0.25) is 0 Å². The lowest BCUT2D eigenvalue weighted by Crippen LogP contribution is -2.06. The molecule has 0 aliphatic rings.